The van der Waals surface area contributed by atoms with Gasteiger partial charge in [-0.05, 0) is 42.5 Å². The number of rotatable bonds is 5. The van der Waals surface area contributed by atoms with Gasteiger partial charge in [-0.25, -0.2) is 4.39 Å². The van der Waals surface area contributed by atoms with E-state index in [0.29, 0.717) is 16.9 Å². The van der Waals surface area contributed by atoms with Gasteiger partial charge in [0.25, 0.3) is 0 Å². The lowest BCUT2D eigenvalue weighted by molar-refractivity contribution is 0.304. The van der Waals surface area contributed by atoms with Gasteiger partial charge in [0.15, 0.2) is 0 Å². The largest absolute Gasteiger partial charge is 0.497 e. The van der Waals surface area contributed by atoms with Crippen LogP contribution >= 0.6 is 12.2 Å². The molecule has 0 aliphatic heterocycles. The van der Waals surface area contributed by atoms with Gasteiger partial charge in [0.05, 0.1) is 7.11 Å². The zero-order valence-corrected chi connectivity index (χ0v) is 11.7. The fourth-order valence-electron chi connectivity index (χ4n) is 1.76. The van der Waals surface area contributed by atoms with Crippen LogP contribution in [0.15, 0.2) is 42.5 Å². The summed E-state index contributed by atoms with van der Waals surface area (Å²) < 4.78 is 23.9. The van der Waals surface area contributed by atoms with E-state index in [4.69, 9.17) is 27.4 Å². The van der Waals surface area contributed by atoms with Crippen molar-refractivity contribution in [1.82, 2.24) is 0 Å². The van der Waals surface area contributed by atoms with Gasteiger partial charge in [-0.3, -0.25) is 0 Å². The smallest absolute Gasteiger partial charge is 0.123 e. The van der Waals surface area contributed by atoms with E-state index in [2.05, 4.69) is 0 Å². The molecule has 0 saturated heterocycles. The molecule has 0 bridgehead atoms. The second-order valence-electron chi connectivity index (χ2n) is 4.13. The Labute approximate surface area is 122 Å². The minimum Gasteiger partial charge on any atom is -0.497 e. The zero-order chi connectivity index (χ0) is 14.5. The molecule has 0 atom stereocenters. The molecule has 104 valence electrons. The number of hydrogen-bond acceptors (Lipinski definition) is 3. The maximum Gasteiger partial charge on any atom is 0.123 e. The minimum atomic E-state index is -0.349. The predicted octanol–water partition coefficient (Wildman–Crippen LogP) is 3.05. The fraction of sp³-hybridized carbons (Fsp3) is 0.133. The Kier molecular flexibility index (Phi) is 4.53. The topological polar surface area (TPSA) is 44.5 Å². The summed E-state index contributed by atoms with van der Waals surface area (Å²) in [6, 6.07) is 11.4. The standard InChI is InChI=1S/C15H14FNO2S/c1-18-12-3-5-13(6-4-12)19-9-10-8-11(16)2-7-14(10)15(17)20/h2-8H,9H2,1H3,(H2,17,20). The molecule has 0 aliphatic carbocycles. The van der Waals surface area contributed by atoms with Gasteiger partial charge in [-0.15, -0.1) is 0 Å². The van der Waals surface area contributed by atoms with Crippen molar-refractivity contribution in [3.05, 3.63) is 59.4 Å². The van der Waals surface area contributed by atoms with Crippen molar-refractivity contribution in [1.29, 1.82) is 0 Å². The number of thiocarbonyl (C=S) groups is 1. The first kappa shape index (κ1) is 14.3. The summed E-state index contributed by atoms with van der Waals surface area (Å²) in [6.07, 6.45) is 0. The number of hydrogen-bond donors (Lipinski definition) is 1. The lowest BCUT2D eigenvalue weighted by Gasteiger charge is -2.11. The lowest BCUT2D eigenvalue weighted by atomic mass is 10.1. The number of halogens is 1. The lowest BCUT2D eigenvalue weighted by Crippen LogP contribution is -2.13. The fourth-order valence-corrected chi connectivity index (χ4v) is 1.95. The average molecular weight is 291 g/mol. The average Bonchev–Trinajstić information content (AvgIpc) is 2.45. The van der Waals surface area contributed by atoms with Crippen LogP contribution in [0, 0.1) is 5.82 Å². The molecule has 0 radical (unpaired) electrons. The molecule has 0 aliphatic rings. The van der Waals surface area contributed by atoms with Gasteiger partial charge in [-0.1, -0.05) is 12.2 Å². The predicted molar refractivity (Wildman–Crippen MR) is 79.6 cm³/mol. The van der Waals surface area contributed by atoms with Crippen molar-refractivity contribution < 1.29 is 13.9 Å². The van der Waals surface area contributed by atoms with Crippen LogP contribution in [0.3, 0.4) is 0 Å². The van der Waals surface area contributed by atoms with Crippen LogP contribution < -0.4 is 15.2 Å². The third kappa shape index (κ3) is 3.45. The first-order valence-corrected chi connectivity index (χ1v) is 6.36. The van der Waals surface area contributed by atoms with Gasteiger partial charge in [-0.2, -0.15) is 0 Å². The van der Waals surface area contributed by atoms with Crippen LogP contribution in [-0.4, -0.2) is 12.1 Å². The van der Waals surface area contributed by atoms with E-state index in [1.807, 2.05) is 0 Å². The SMILES string of the molecule is COc1ccc(OCc2cc(F)ccc2C(N)=S)cc1. The molecule has 2 N–H and O–H groups in total. The Morgan fingerprint density at radius 1 is 1.15 bits per heavy atom. The Morgan fingerprint density at radius 2 is 1.80 bits per heavy atom. The number of benzene rings is 2. The van der Waals surface area contributed by atoms with Gasteiger partial charge in [0.2, 0.25) is 0 Å². The quantitative estimate of drug-likeness (QED) is 0.860. The van der Waals surface area contributed by atoms with E-state index in [-0.39, 0.29) is 17.4 Å². The maximum atomic E-state index is 13.3. The van der Waals surface area contributed by atoms with E-state index < -0.39 is 0 Å². The molecule has 5 heteroatoms. The number of nitrogens with two attached hydrogens (primary N) is 1. The van der Waals surface area contributed by atoms with Crippen LogP contribution in [0.5, 0.6) is 11.5 Å². The van der Waals surface area contributed by atoms with Crippen molar-refractivity contribution in [3.63, 3.8) is 0 Å². The van der Waals surface area contributed by atoms with E-state index in [0.717, 1.165) is 5.75 Å². The summed E-state index contributed by atoms with van der Waals surface area (Å²) >= 11 is 4.94. The highest BCUT2D eigenvalue weighted by Gasteiger charge is 2.07. The minimum absolute atomic E-state index is 0.191. The summed E-state index contributed by atoms with van der Waals surface area (Å²) in [5.41, 5.74) is 6.85. The van der Waals surface area contributed by atoms with Gasteiger partial charge in [0.1, 0.15) is 28.9 Å². The monoisotopic (exact) mass is 291 g/mol. The molecule has 0 aromatic heterocycles. The second kappa shape index (κ2) is 6.34. The second-order valence-corrected chi connectivity index (χ2v) is 4.57. The molecule has 3 nitrogen and oxygen atoms in total. The van der Waals surface area contributed by atoms with E-state index in [1.165, 1.54) is 12.1 Å². The molecular weight excluding hydrogens is 277 g/mol. The van der Waals surface area contributed by atoms with Gasteiger partial charge in [0, 0.05) is 11.1 Å². The summed E-state index contributed by atoms with van der Waals surface area (Å²) in [5.74, 6) is 1.05. The molecule has 0 amide bonds. The van der Waals surface area contributed by atoms with Crippen molar-refractivity contribution in [2.24, 2.45) is 5.73 Å². The molecule has 2 aromatic carbocycles. The summed E-state index contributed by atoms with van der Waals surface area (Å²) in [5, 5.41) is 0. The molecule has 2 aromatic rings. The molecule has 0 saturated carbocycles. The van der Waals surface area contributed by atoms with Crippen molar-refractivity contribution >= 4 is 17.2 Å². The molecule has 0 heterocycles. The summed E-state index contributed by atoms with van der Waals surface area (Å²) in [6.45, 7) is 0.191. The first-order chi connectivity index (χ1) is 9.60. The molecular formula is C15H14FNO2S. The van der Waals surface area contributed by atoms with E-state index in [1.54, 1.807) is 37.4 Å². The molecule has 2 rings (SSSR count). The van der Waals surface area contributed by atoms with Crippen LogP contribution in [0.2, 0.25) is 0 Å². The molecule has 0 spiro atoms. The third-order valence-electron chi connectivity index (χ3n) is 2.79. The third-order valence-corrected chi connectivity index (χ3v) is 3.01. The molecule has 0 fully saturated rings. The van der Waals surface area contributed by atoms with Crippen LogP contribution in [0.25, 0.3) is 0 Å². The van der Waals surface area contributed by atoms with Gasteiger partial charge >= 0.3 is 0 Å². The van der Waals surface area contributed by atoms with Crippen LogP contribution in [-0.2, 0) is 6.61 Å². The van der Waals surface area contributed by atoms with Crippen LogP contribution in [0.4, 0.5) is 4.39 Å². The Bertz CT molecular complexity index is 614. The Hall–Kier alpha value is -2.14. The number of methoxy groups -OCH3 is 1. The van der Waals surface area contributed by atoms with Crippen molar-refractivity contribution in [2.75, 3.05) is 7.11 Å². The Morgan fingerprint density at radius 3 is 2.40 bits per heavy atom. The summed E-state index contributed by atoms with van der Waals surface area (Å²) in [4.78, 5) is 0.221. The van der Waals surface area contributed by atoms with Crippen molar-refractivity contribution in [2.45, 2.75) is 6.61 Å². The highest BCUT2D eigenvalue weighted by molar-refractivity contribution is 7.80. The Balaban J connectivity index is 2.13. The normalized spacial score (nSPS) is 10.1. The van der Waals surface area contributed by atoms with E-state index >= 15 is 0 Å². The highest BCUT2D eigenvalue weighted by atomic mass is 32.1. The van der Waals surface area contributed by atoms with Crippen LogP contribution in [0.1, 0.15) is 11.1 Å². The van der Waals surface area contributed by atoms with Crippen molar-refractivity contribution in [3.8, 4) is 11.5 Å². The maximum absolute atomic E-state index is 13.3. The highest BCUT2D eigenvalue weighted by Crippen LogP contribution is 2.19. The molecule has 20 heavy (non-hydrogen) atoms. The van der Waals surface area contributed by atoms with E-state index in [9.17, 15) is 4.39 Å². The first-order valence-electron chi connectivity index (χ1n) is 5.95. The summed E-state index contributed by atoms with van der Waals surface area (Å²) in [7, 11) is 1.59. The number of ether oxygens (including phenoxy) is 2. The van der Waals surface area contributed by atoms with Gasteiger partial charge < -0.3 is 15.2 Å². The zero-order valence-electron chi connectivity index (χ0n) is 10.9. The molecule has 0 unspecified atom stereocenters.